The molecule has 4 nitrogen and oxygen atoms in total. The highest BCUT2D eigenvalue weighted by molar-refractivity contribution is 6.32. The van der Waals surface area contributed by atoms with E-state index in [1.165, 1.54) is 12.8 Å². The van der Waals surface area contributed by atoms with Gasteiger partial charge in [-0.1, -0.05) is 11.6 Å². The molecule has 0 aliphatic heterocycles. The van der Waals surface area contributed by atoms with Crippen molar-refractivity contribution < 1.29 is 14.3 Å². The molecule has 1 aromatic carbocycles. The predicted molar refractivity (Wildman–Crippen MR) is 84.5 cm³/mol. The number of aliphatic imine (C=N–C) groups is 1. The Labute approximate surface area is 135 Å². The molecule has 0 saturated heterocycles. The lowest BCUT2D eigenvalue weighted by atomic mass is 9.72. The Morgan fingerprint density at radius 1 is 1.27 bits per heavy atom. The van der Waals surface area contributed by atoms with E-state index in [1.54, 1.807) is 13.2 Å². The number of carbonyl (C=O) groups excluding carboxylic acids is 1. The molecule has 0 heterocycles. The molecule has 2 aliphatic rings. The third-order valence-corrected chi connectivity index (χ3v) is 5.07. The second-order valence-electron chi connectivity index (χ2n) is 6.10. The number of methoxy groups -OCH3 is 1. The lowest BCUT2D eigenvalue weighted by molar-refractivity contribution is 0.200. The summed E-state index contributed by atoms with van der Waals surface area (Å²) in [7, 11) is 1.60. The van der Waals surface area contributed by atoms with Crippen LogP contribution in [0.3, 0.4) is 0 Å². The zero-order valence-electron chi connectivity index (χ0n) is 12.7. The Bertz CT molecular complexity index is 600. The molecule has 0 aromatic heterocycles. The van der Waals surface area contributed by atoms with Gasteiger partial charge in [-0.15, -0.1) is 0 Å². The van der Waals surface area contributed by atoms with E-state index < -0.39 is 5.54 Å². The standard InChI is InChI=1S/C17H20ClNO3/c1-21-15-10-12(17(19-11-20)7-4-8-17)9-14(18)16(15)22-13-5-2-3-6-13/h9-10,13H,2-8H2,1H3. The van der Waals surface area contributed by atoms with Crippen LogP contribution in [-0.4, -0.2) is 19.3 Å². The topological polar surface area (TPSA) is 47.9 Å². The van der Waals surface area contributed by atoms with Crippen molar-refractivity contribution in [3.05, 3.63) is 22.7 Å². The zero-order chi connectivity index (χ0) is 15.6. The van der Waals surface area contributed by atoms with E-state index in [0.717, 1.165) is 37.7 Å². The van der Waals surface area contributed by atoms with E-state index in [-0.39, 0.29) is 6.10 Å². The zero-order valence-corrected chi connectivity index (χ0v) is 13.5. The molecule has 0 spiro atoms. The molecule has 22 heavy (non-hydrogen) atoms. The molecule has 3 rings (SSSR count). The van der Waals surface area contributed by atoms with Crippen LogP contribution in [-0.2, 0) is 10.3 Å². The van der Waals surface area contributed by atoms with Crippen molar-refractivity contribution in [3.8, 4) is 11.5 Å². The summed E-state index contributed by atoms with van der Waals surface area (Å²) in [5.41, 5.74) is 0.424. The van der Waals surface area contributed by atoms with Crippen LogP contribution in [0.2, 0.25) is 5.02 Å². The molecule has 118 valence electrons. The molecular formula is C17H20ClNO3. The van der Waals surface area contributed by atoms with Crippen molar-refractivity contribution >= 4 is 17.7 Å². The number of benzene rings is 1. The van der Waals surface area contributed by atoms with Gasteiger partial charge in [0.05, 0.1) is 23.8 Å². The molecule has 0 atom stereocenters. The Kier molecular flexibility index (Phi) is 4.42. The lowest BCUT2D eigenvalue weighted by Crippen LogP contribution is -2.32. The Balaban J connectivity index is 1.94. The highest BCUT2D eigenvalue weighted by Crippen LogP contribution is 2.49. The van der Waals surface area contributed by atoms with Gasteiger partial charge >= 0.3 is 0 Å². The number of halogens is 1. The van der Waals surface area contributed by atoms with E-state index in [0.29, 0.717) is 16.5 Å². The van der Waals surface area contributed by atoms with Crippen molar-refractivity contribution in [1.29, 1.82) is 0 Å². The molecule has 5 heteroatoms. The van der Waals surface area contributed by atoms with Gasteiger partial charge in [0.15, 0.2) is 11.5 Å². The molecular weight excluding hydrogens is 302 g/mol. The molecule has 0 unspecified atom stereocenters. The fourth-order valence-electron chi connectivity index (χ4n) is 3.34. The van der Waals surface area contributed by atoms with E-state index in [9.17, 15) is 4.79 Å². The molecule has 2 aliphatic carbocycles. The smallest absolute Gasteiger partial charge is 0.235 e. The van der Waals surface area contributed by atoms with Gasteiger partial charge in [-0.05, 0) is 62.6 Å². The third-order valence-electron chi connectivity index (χ3n) is 4.79. The van der Waals surface area contributed by atoms with Gasteiger partial charge in [0, 0.05) is 0 Å². The normalized spacial score (nSPS) is 20.1. The maximum atomic E-state index is 10.7. The molecule has 2 saturated carbocycles. The van der Waals surface area contributed by atoms with E-state index >= 15 is 0 Å². The molecule has 0 bridgehead atoms. The summed E-state index contributed by atoms with van der Waals surface area (Å²) in [6.45, 7) is 0. The summed E-state index contributed by atoms with van der Waals surface area (Å²) in [6.07, 6.45) is 9.13. The highest BCUT2D eigenvalue weighted by Gasteiger charge is 2.40. The van der Waals surface area contributed by atoms with Crippen LogP contribution in [0.4, 0.5) is 0 Å². The SMILES string of the molecule is COc1cc(C2(N=C=O)CCC2)cc(Cl)c1OC1CCCC1. The van der Waals surface area contributed by atoms with E-state index in [1.807, 2.05) is 12.1 Å². The number of isocyanates is 1. The van der Waals surface area contributed by atoms with Crippen LogP contribution in [0.1, 0.15) is 50.5 Å². The Morgan fingerprint density at radius 2 is 2.00 bits per heavy atom. The quantitative estimate of drug-likeness (QED) is 0.597. The fourth-order valence-corrected chi connectivity index (χ4v) is 3.60. The first-order chi connectivity index (χ1) is 10.7. The van der Waals surface area contributed by atoms with Gasteiger partial charge in [0.25, 0.3) is 0 Å². The van der Waals surface area contributed by atoms with Gasteiger partial charge < -0.3 is 9.47 Å². The molecule has 0 amide bonds. The molecule has 0 N–H and O–H groups in total. The maximum Gasteiger partial charge on any atom is 0.235 e. The second kappa shape index (κ2) is 6.31. The summed E-state index contributed by atoms with van der Waals surface area (Å²) in [5, 5.41) is 0.522. The van der Waals surface area contributed by atoms with Gasteiger partial charge in [-0.3, -0.25) is 0 Å². The average Bonchev–Trinajstić information content (AvgIpc) is 2.98. The number of hydrogen-bond donors (Lipinski definition) is 0. The first-order valence-electron chi connectivity index (χ1n) is 7.82. The largest absolute Gasteiger partial charge is 0.493 e. The minimum Gasteiger partial charge on any atom is -0.493 e. The monoisotopic (exact) mass is 321 g/mol. The summed E-state index contributed by atoms with van der Waals surface area (Å²) < 4.78 is 11.5. The second-order valence-corrected chi connectivity index (χ2v) is 6.51. The summed E-state index contributed by atoms with van der Waals surface area (Å²) in [6, 6.07) is 3.75. The van der Waals surface area contributed by atoms with Gasteiger partial charge in [0.2, 0.25) is 6.08 Å². The minimum atomic E-state index is -0.482. The van der Waals surface area contributed by atoms with Crippen molar-refractivity contribution in [3.63, 3.8) is 0 Å². The van der Waals surface area contributed by atoms with Crippen LogP contribution in [0, 0.1) is 0 Å². The number of rotatable bonds is 5. The van der Waals surface area contributed by atoms with E-state index in [4.69, 9.17) is 21.1 Å². The number of hydrogen-bond acceptors (Lipinski definition) is 4. The number of nitrogens with zero attached hydrogens (tertiary/aromatic N) is 1. The van der Waals surface area contributed by atoms with Crippen LogP contribution in [0.25, 0.3) is 0 Å². The minimum absolute atomic E-state index is 0.211. The van der Waals surface area contributed by atoms with Crippen molar-refractivity contribution in [2.75, 3.05) is 7.11 Å². The first-order valence-corrected chi connectivity index (χ1v) is 8.20. The lowest BCUT2D eigenvalue weighted by Gasteiger charge is -2.37. The van der Waals surface area contributed by atoms with E-state index in [2.05, 4.69) is 4.99 Å². The van der Waals surface area contributed by atoms with Crippen molar-refractivity contribution in [2.45, 2.75) is 56.6 Å². The predicted octanol–water partition coefficient (Wildman–Crippen LogP) is 4.39. The third kappa shape index (κ3) is 2.73. The average molecular weight is 322 g/mol. The summed E-state index contributed by atoms with van der Waals surface area (Å²) in [5.74, 6) is 1.21. The molecule has 2 fully saturated rings. The van der Waals surface area contributed by atoms with Crippen molar-refractivity contribution in [2.24, 2.45) is 4.99 Å². The van der Waals surface area contributed by atoms with Gasteiger partial charge in [-0.25, -0.2) is 4.79 Å². The van der Waals surface area contributed by atoms with Crippen LogP contribution >= 0.6 is 11.6 Å². The Hall–Kier alpha value is -1.51. The van der Waals surface area contributed by atoms with Crippen LogP contribution < -0.4 is 9.47 Å². The molecule has 1 aromatic rings. The Morgan fingerprint density at radius 3 is 2.55 bits per heavy atom. The fraction of sp³-hybridized carbons (Fsp3) is 0.588. The van der Waals surface area contributed by atoms with Crippen LogP contribution in [0.15, 0.2) is 17.1 Å². The van der Waals surface area contributed by atoms with Gasteiger partial charge in [0.1, 0.15) is 0 Å². The summed E-state index contributed by atoms with van der Waals surface area (Å²) in [4.78, 5) is 14.8. The summed E-state index contributed by atoms with van der Waals surface area (Å²) >= 11 is 6.43. The number of ether oxygens (including phenoxy) is 2. The van der Waals surface area contributed by atoms with Gasteiger partial charge in [-0.2, -0.15) is 4.99 Å². The van der Waals surface area contributed by atoms with Crippen molar-refractivity contribution in [1.82, 2.24) is 0 Å². The highest BCUT2D eigenvalue weighted by atomic mass is 35.5. The molecule has 0 radical (unpaired) electrons. The first kappa shape index (κ1) is 15.4. The maximum absolute atomic E-state index is 10.7. The van der Waals surface area contributed by atoms with Crippen LogP contribution in [0.5, 0.6) is 11.5 Å².